The maximum Gasteiger partial charge on any atom is 0.271 e. The molecule has 0 saturated heterocycles. The van der Waals surface area contributed by atoms with Crippen LogP contribution in [0.5, 0.6) is 0 Å². The maximum absolute atomic E-state index is 11.1. The Morgan fingerprint density at radius 1 is 1.41 bits per heavy atom. The van der Waals surface area contributed by atoms with E-state index in [4.69, 9.17) is 17.3 Å². The molecule has 0 atom stereocenters. The second kappa shape index (κ2) is 4.18. The van der Waals surface area contributed by atoms with Crippen molar-refractivity contribution in [3.8, 4) is 5.69 Å². The molecule has 0 radical (unpaired) electrons. The Hall–Kier alpha value is -1.88. The summed E-state index contributed by atoms with van der Waals surface area (Å²) >= 11 is 6.03. The van der Waals surface area contributed by atoms with Crippen molar-refractivity contribution >= 4 is 17.5 Å². The van der Waals surface area contributed by atoms with Crippen molar-refractivity contribution in [2.75, 3.05) is 0 Å². The first kappa shape index (κ1) is 11.6. The third-order valence-electron chi connectivity index (χ3n) is 2.53. The van der Waals surface area contributed by atoms with E-state index < -0.39 is 5.91 Å². The van der Waals surface area contributed by atoms with Gasteiger partial charge in [0.1, 0.15) is 0 Å². The SMILES string of the molecule is Cc1ccc(-n2nnc(C(N)=O)c2C)cc1Cl. The summed E-state index contributed by atoms with van der Waals surface area (Å²) in [5.74, 6) is -0.591. The van der Waals surface area contributed by atoms with E-state index in [9.17, 15) is 4.79 Å². The van der Waals surface area contributed by atoms with E-state index in [0.717, 1.165) is 11.3 Å². The molecule has 2 N–H and O–H groups in total. The summed E-state index contributed by atoms with van der Waals surface area (Å²) in [7, 11) is 0. The zero-order chi connectivity index (χ0) is 12.6. The third-order valence-corrected chi connectivity index (χ3v) is 2.94. The number of nitrogens with two attached hydrogens (primary N) is 1. The van der Waals surface area contributed by atoms with Crippen molar-refractivity contribution in [1.82, 2.24) is 15.0 Å². The molecule has 0 fully saturated rings. The van der Waals surface area contributed by atoms with Gasteiger partial charge in [0, 0.05) is 5.02 Å². The van der Waals surface area contributed by atoms with Gasteiger partial charge in [0.05, 0.1) is 11.4 Å². The second-order valence-corrected chi connectivity index (χ2v) is 4.14. The highest BCUT2D eigenvalue weighted by atomic mass is 35.5. The molecule has 0 spiro atoms. The molecule has 2 aromatic rings. The van der Waals surface area contributed by atoms with Gasteiger partial charge in [-0.1, -0.05) is 22.9 Å². The van der Waals surface area contributed by atoms with E-state index in [2.05, 4.69) is 10.3 Å². The van der Waals surface area contributed by atoms with Gasteiger partial charge < -0.3 is 5.73 Å². The largest absolute Gasteiger partial charge is 0.364 e. The predicted octanol–water partition coefficient (Wildman–Crippen LogP) is 1.64. The lowest BCUT2D eigenvalue weighted by Crippen LogP contribution is -2.13. The monoisotopic (exact) mass is 250 g/mol. The number of aryl methyl sites for hydroxylation is 1. The fraction of sp³-hybridized carbons (Fsp3) is 0.182. The molecule has 6 heteroatoms. The van der Waals surface area contributed by atoms with Crippen LogP contribution in [0.25, 0.3) is 5.69 Å². The number of halogens is 1. The summed E-state index contributed by atoms with van der Waals surface area (Å²) in [4.78, 5) is 11.1. The van der Waals surface area contributed by atoms with Gasteiger partial charge in [-0.15, -0.1) is 5.10 Å². The average molecular weight is 251 g/mol. The molecule has 0 aliphatic rings. The van der Waals surface area contributed by atoms with Crippen LogP contribution in [0.4, 0.5) is 0 Å². The second-order valence-electron chi connectivity index (χ2n) is 3.73. The van der Waals surface area contributed by atoms with Crippen molar-refractivity contribution in [1.29, 1.82) is 0 Å². The predicted molar refractivity (Wildman–Crippen MR) is 64.4 cm³/mol. The number of benzene rings is 1. The van der Waals surface area contributed by atoms with Gasteiger partial charge in [0.2, 0.25) is 0 Å². The molecule has 1 heterocycles. The number of carbonyl (C=O) groups excluding carboxylic acids is 1. The third kappa shape index (κ3) is 2.01. The summed E-state index contributed by atoms with van der Waals surface area (Å²) in [6.45, 7) is 3.64. The number of carbonyl (C=O) groups is 1. The number of nitrogens with zero attached hydrogens (tertiary/aromatic N) is 3. The average Bonchev–Trinajstić information content (AvgIpc) is 2.64. The quantitative estimate of drug-likeness (QED) is 0.880. The summed E-state index contributed by atoms with van der Waals surface area (Å²) < 4.78 is 1.53. The lowest BCUT2D eigenvalue weighted by atomic mass is 10.2. The normalized spacial score (nSPS) is 10.5. The van der Waals surface area contributed by atoms with Crippen molar-refractivity contribution in [3.05, 3.63) is 40.2 Å². The van der Waals surface area contributed by atoms with E-state index in [1.54, 1.807) is 13.0 Å². The molecular weight excluding hydrogens is 240 g/mol. The minimum absolute atomic E-state index is 0.168. The van der Waals surface area contributed by atoms with E-state index in [1.807, 2.05) is 19.1 Å². The molecule has 0 unspecified atom stereocenters. The van der Waals surface area contributed by atoms with Crippen LogP contribution in [0.1, 0.15) is 21.7 Å². The highest BCUT2D eigenvalue weighted by Gasteiger charge is 2.14. The van der Waals surface area contributed by atoms with Crippen LogP contribution in [0.2, 0.25) is 5.02 Å². The number of hydrogen-bond acceptors (Lipinski definition) is 3. The zero-order valence-corrected chi connectivity index (χ0v) is 10.2. The lowest BCUT2D eigenvalue weighted by molar-refractivity contribution is 0.0995. The lowest BCUT2D eigenvalue weighted by Gasteiger charge is -2.05. The van der Waals surface area contributed by atoms with Crippen LogP contribution in [-0.4, -0.2) is 20.9 Å². The number of amides is 1. The standard InChI is InChI=1S/C11H11ClN4O/c1-6-3-4-8(5-9(6)12)16-7(2)10(11(13)17)14-15-16/h3-5H,1-2H3,(H2,13,17). The molecule has 88 valence electrons. The molecule has 5 nitrogen and oxygen atoms in total. The summed E-state index contributed by atoms with van der Waals surface area (Å²) in [6.07, 6.45) is 0. The van der Waals surface area contributed by atoms with Crippen molar-refractivity contribution < 1.29 is 4.79 Å². The highest BCUT2D eigenvalue weighted by Crippen LogP contribution is 2.20. The Labute approximate surface area is 103 Å². The summed E-state index contributed by atoms with van der Waals surface area (Å²) in [5.41, 5.74) is 7.67. The highest BCUT2D eigenvalue weighted by molar-refractivity contribution is 6.31. The zero-order valence-electron chi connectivity index (χ0n) is 9.44. The van der Waals surface area contributed by atoms with Gasteiger partial charge in [-0.25, -0.2) is 4.68 Å². The van der Waals surface area contributed by atoms with Crippen LogP contribution in [0, 0.1) is 13.8 Å². The first-order chi connectivity index (χ1) is 8.00. The van der Waals surface area contributed by atoms with Crippen LogP contribution in [0.3, 0.4) is 0 Å². The molecule has 1 amide bonds. The summed E-state index contributed by atoms with van der Waals surface area (Å²) in [5, 5.41) is 8.26. The first-order valence-electron chi connectivity index (χ1n) is 4.99. The molecule has 2 rings (SSSR count). The minimum Gasteiger partial charge on any atom is -0.364 e. The van der Waals surface area contributed by atoms with Crippen molar-refractivity contribution in [2.24, 2.45) is 5.73 Å². The van der Waals surface area contributed by atoms with Crippen LogP contribution < -0.4 is 5.73 Å². The van der Waals surface area contributed by atoms with E-state index >= 15 is 0 Å². The van der Waals surface area contributed by atoms with E-state index in [-0.39, 0.29) is 5.69 Å². The van der Waals surface area contributed by atoms with Gasteiger partial charge in [0.25, 0.3) is 5.91 Å². The molecule has 0 aliphatic heterocycles. The summed E-state index contributed by atoms with van der Waals surface area (Å²) in [6, 6.07) is 5.50. The van der Waals surface area contributed by atoms with Gasteiger partial charge >= 0.3 is 0 Å². The minimum atomic E-state index is -0.591. The Morgan fingerprint density at radius 3 is 2.65 bits per heavy atom. The maximum atomic E-state index is 11.1. The van der Waals surface area contributed by atoms with E-state index in [0.29, 0.717) is 10.7 Å². The molecule has 1 aromatic heterocycles. The van der Waals surface area contributed by atoms with Crippen LogP contribution in [-0.2, 0) is 0 Å². The number of hydrogen-bond donors (Lipinski definition) is 1. The smallest absolute Gasteiger partial charge is 0.271 e. The van der Waals surface area contributed by atoms with Crippen molar-refractivity contribution in [2.45, 2.75) is 13.8 Å². The Balaban J connectivity index is 2.53. The number of primary amides is 1. The van der Waals surface area contributed by atoms with Crippen LogP contribution in [0.15, 0.2) is 18.2 Å². The fourth-order valence-electron chi connectivity index (χ4n) is 1.52. The van der Waals surface area contributed by atoms with Gasteiger partial charge in [0.15, 0.2) is 5.69 Å². The number of aromatic nitrogens is 3. The van der Waals surface area contributed by atoms with Crippen molar-refractivity contribution in [3.63, 3.8) is 0 Å². The molecule has 0 bridgehead atoms. The van der Waals surface area contributed by atoms with E-state index in [1.165, 1.54) is 4.68 Å². The Kier molecular flexibility index (Phi) is 2.85. The van der Waals surface area contributed by atoms with Gasteiger partial charge in [-0.2, -0.15) is 0 Å². The molecular formula is C11H11ClN4O. The first-order valence-corrected chi connectivity index (χ1v) is 5.37. The van der Waals surface area contributed by atoms with Gasteiger partial charge in [-0.05, 0) is 31.5 Å². The fourth-order valence-corrected chi connectivity index (χ4v) is 1.69. The molecule has 17 heavy (non-hydrogen) atoms. The molecule has 1 aromatic carbocycles. The Bertz CT molecular complexity index is 591. The van der Waals surface area contributed by atoms with Gasteiger partial charge in [-0.3, -0.25) is 4.79 Å². The molecule has 0 saturated carbocycles. The van der Waals surface area contributed by atoms with Crippen LogP contribution >= 0.6 is 11.6 Å². The molecule has 0 aliphatic carbocycles. The topological polar surface area (TPSA) is 73.8 Å². The number of rotatable bonds is 2. The Morgan fingerprint density at radius 2 is 2.12 bits per heavy atom.